The fourth-order valence-corrected chi connectivity index (χ4v) is 4.39. The van der Waals surface area contributed by atoms with Gasteiger partial charge in [-0.25, -0.2) is 0 Å². The second-order valence-electron chi connectivity index (χ2n) is 8.20. The van der Waals surface area contributed by atoms with E-state index in [4.69, 9.17) is 0 Å². The number of β-amino-alcohol motifs (C(OH)–C–C–N with tert-alkyl or cyclic N) is 1. The third-order valence-electron chi connectivity index (χ3n) is 5.98. The van der Waals surface area contributed by atoms with Crippen LogP contribution in [0.4, 0.5) is 5.82 Å². The molecule has 0 radical (unpaired) electrons. The summed E-state index contributed by atoms with van der Waals surface area (Å²) in [5.41, 5.74) is 1.75. The van der Waals surface area contributed by atoms with Crippen molar-refractivity contribution in [3.63, 3.8) is 0 Å². The lowest BCUT2D eigenvalue weighted by molar-refractivity contribution is -0.135. The predicted octanol–water partition coefficient (Wildman–Crippen LogP) is 0.365. The fourth-order valence-electron chi connectivity index (χ4n) is 4.39. The molecule has 0 aromatic carbocycles. The number of aliphatic hydroxyl groups is 1. The molecule has 2 N–H and O–H groups in total. The van der Waals surface area contributed by atoms with Gasteiger partial charge in [-0.1, -0.05) is 0 Å². The van der Waals surface area contributed by atoms with E-state index in [1.807, 2.05) is 0 Å². The number of rotatable bonds is 5. The van der Waals surface area contributed by atoms with Crippen molar-refractivity contribution >= 4 is 11.7 Å². The molecular formula is C19H29N5O2. The van der Waals surface area contributed by atoms with E-state index in [-0.39, 0.29) is 5.91 Å². The molecule has 26 heavy (non-hydrogen) atoms. The molecule has 1 aliphatic carbocycles. The van der Waals surface area contributed by atoms with E-state index >= 15 is 0 Å². The smallest absolute Gasteiger partial charge is 0.219 e. The van der Waals surface area contributed by atoms with Gasteiger partial charge in [-0.3, -0.25) is 4.79 Å². The summed E-state index contributed by atoms with van der Waals surface area (Å²) >= 11 is 0. The number of aryl methyl sites for hydroxylation is 2. The van der Waals surface area contributed by atoms with E-state index in [0.717, 1.165) is 57.7 Å². The number of likely N-dealkylation sites (tertiary alicyclic amines) is 1. The molecule has 7 nitrogen and oxygen atoms in total. The molecule has 2 saturated heterocycles. The Morgan fingerprint density at radius 3 is 3.00 bits per heavy atom. The van der Waals surface area contributed by atoms with Crippen LogP contribution in [0.2, 0.25) is 0 Å². The molecule has 142 valence electrons. The number of nitrogens with zero attached hydrogens (tertiary/aromatic N) is 4. The molecule has 2 fully saturated rings. The Kier molecular flexibility index (Phi) is 4.84. The van der Waals surface area contributed by atoms with Crippen molar-refractivity contribution in [1.82, 2.24) is 20.4 Å². The molecule has 3 heterocycles. The summed E-state index contributed by atoms with van der Waals surface area (Å²) < 4.78 is 0. The molecule has 1 aromatic rings. The van der Waals surface area contributed by atoms with Crippen molar-refractivity contribution in [1.29, 1.82) is 0 Å². The van der Waals surface area contributed by atoms with Gasteiger partial charge >= 0.3 is 0 Å². The summed E-state index contributed by atoms with van der Waals surface area (Å²) in [6, 6.07) is 2.21. The number of hydrogen-bond donors (Lipinski definition) is 2. The van der Waals surface area contributed by atoms with Crippen molar-refractivity contribution in [2.24, 2.45) is 5.92 Å². The zero-order chi connectivity index (χ0) is 18.1. The lowest BCUT2D eigenvalue weighted by Gasteiger charge is -2.42. The number of aromatic nitrogens is 2. The van der Waals surface area contributed by atoms with Crippen LogP contribution in [0.15, 0.2) is 6.07 Å². The highest BCUT2D eigenvalue weighted by atomic mass is 16.3. The maximum absolute atomic E-state index is 11.5. The van der Waals surface area contributed by atoms with E-state index in [1.54, 1.807) is 11.8 Å². The summed E-state index contributed by atoms with van der Waals surface area (Å²) in [6.45, 7) is 6.18. The van der Waals surface area contributed by atoms with E-state index in [2.05, 4.69) is 26.5 Å². The minimum absolute atomic E-state index is 0.0493. The van der Waals surface area contributed by atoms with Crippen LogP contribution in [-0.4, -0.2) is 71.0 Å². The molecule has 1 atom stereocenters. The zero-order valence-electron chi connectivity index (χ0n) is 15.6. The third-order valence-corrected chi connectivity index (χ3v) is 5.98. The maximum atomic E-state index is 11.5. The topological polar surface area (TPSA) is 81.6 Å². The molecule has 2 aliphatic heterocycles. The molecular weight excluding hydrogens is 330 g/mol. The standard InChI is InChI=1S/C19H29N5O2/c1-14(25)23-7-3-6-19(26,13-23)12-20-9-15-10-24(11-15)18-8-16-4-2-5-17(16)21-22-18/h8,15,20,26H,2-7,9-13H2,1H3. The Labute approximate surface area is 154 Å². The Morgan fingerprint density at radius 1 is 1.35 bits per heavy atom. The quantitative estimate of drug-likeness (QED) is 0.790. The fraction of sp³-hybridized carbons (Fsp3) is 0.737. The lowest BCUT2D eigenvalue weighted by atomic mass is 9.92. The maximum Gasteiger partial charge on any atom is 0.219 e. The number of carbonyl (C=O) groups excluding carboxylic acids is 1. The van der Waals surface area contributed by atoms with Crippen LogP contribution < -0.4 is 10.2 Å². The first-order chi connectivity index (χ1) is 12.5. The lowest BCUT2D eigenvalue weighted by Crippen LogP contribution is -2.57. The van der Waals surface area contributed by atoms with Gasteiger partial charge in [0.05, 0.1) is 17.8 Å². The van der Waals surface area contributed by atoms with Crippen LogP contribution in [0.1, 0.15) is 37.4 Å². The van der Waals surface area contributed by atoms with Crippen LogP contribution in [0.5, 0.6) is 0 Å². The SMILES string of the molecule is CC(=O)N1CCCC(O)(CNCC2CN(c3cc4c(nn3)CCC4)C2)C1. The average Bonchev–Trinajstić information content (AvgIpc) is 3.04. The van der Waals surface area contributed by atoms with Gasteiger partial charge in [0.1, 0.15) is 0 Å². The normalized spacial score (nSPS) is 25.9. The van der Waals surface area contributed by atoms with Gasteiger partial charge in [0.25, 0.3) is 0 Å². The second kappa shape index (κ2) is 7.12. The molecule has 0 bridgehead atoms. The summed E-state index contributed by atoms with van der Waals surface area (Å²) in [6.07, 6.45) is 5.02. The number of fused-ring (bicyclic) bond motifs is 1. The number of amides is 1. The highest BCUT2D eigenvalue weighted by Gasteiger charge is 2.35. The van der Waals surface area contributed by atoms with Crippen molar-refractivity contribution < 1.29 is 9.90 Å². The van der Waals surface area contributed by atoms with Gasteiger partial charge in [0.15, 0.2) is 5.82 Å². The average molecular weight is 359 g/mol. The van der Waals surface area contributed by atoms with Crippen molar-refractivity contribution in [3.8, 4) is 0 Å². The molecule has 1 unspecified atom stereocenters. The second-order valence-corrected chi connectivity index (χ2v) is 8.20. The summed E-state index contributed by atoms with van der Waals surface area (Å²) in [4.78, 5) is 15.6. The number of anilines is 1. The van der Waals surface area contributed by atoms with E-state index in [9.17, 15) is 9.90 Å². The van der Waals surface area contributed by atoms with Gasteiger partial charge in [0, 0.05) is 45.6 Å². The molecule has 7 heteroatoms. The molecule has 3 aliphatic rings. The predicted molar refractivity (Wildman–Crippen MR) is 99.1 cm³/mol. The molecule has 1 amide bonds. The molecule has 1 aromatic heterocycles. The third kappa shape index (κ3) is 3.69. The van der Waals surface area contributed by atoms with Gasteiger partial charge in [-0.2, -0.15) is 5.10 Å². The highest BCUT2D eigenvalue weighted by Crippen LogP contribution is 2.27. The summed E-state index contributed by atoms with van der Waals surface area (Å²) in [5.74, 6) is 1.62. The van der Waals surface area contributed by atoms with Crippen molar-refractivity contribution in [2.45, 2.75) is 44.6 Å². The monoisotopic (exact) mass is 359 g/mol. The van der Waals surface area contributed by atoms with Gasteiger partial charge < -0.3 is 20.2 Å². The first kappa shape index (κ1) is 17.7. The van der Waals surface area contributed by atoms with Crippen LogP contribution in [0.3, 0.4) is 0 Å². The van der Waals surface area contributed by atoms with Gasteiger partial charge in [0.2, 0.25) is 5.91 Å². The van der Waals surface area contributed by atoms with Crippen molar-refractivity contribution in [2.75, 3.05) is 44.2 Å². The zero-order valence-corrected chi connectivity index (χ0v) is 15.6. The number of piperidine rings is 1. The number of nitrogens with one attached hydrogen (secondary N) is 1. The number of hydrogen-bond acceptors (Lipinski definition) is 6. The Hall–Kier alpha value is -1.73. The molecule has 4 rings (SSSR count). The van der Waals surface area contributed by atoms with Crippen LogP contribution in [0.25, 0.3) is 0 Å². The van der Waals surface area contributed by atoms with Crippen molar-refractivity contribution in [3.05, 3.63) is 17.3 Å². The Bertz CT molecular complexity index is 676. The molecule has 0 saturated carbocycles. The van der Waals surface area contributed by atoms with Gasteiger partial charge in [-0.15, -0.1) is 5.10 Å². The summed E-state index contributed by atoms with van der Waals surface area (Å²) in [7, 11) is 0. The minimum atomic E-state index is -0.793. The highest BCUT2D eigenvalue weighted by molar-refractivity contribution is 5.73. The summed E-state index contributed by atoms with van der Waals surface area (Å²) in [5, 5.41) is 22.9. The van der Waals surface area contributed by atoms with Crippen LogP contribution in [0, 0.1) is 5.92 Å². The Morgan fingerprint density at radius 2 is 2.19 bits per heavy atom. The first-order valence-corrected chi connectivity index (χ1v) is 9.81. The minimum Gasteiger partial charge on any atom is -0.387 e. The van der Waals surface area contributed by atoms with E-state index in [1.165, 1.54) is 17.7 Å². The van der Waals surface area contributed by atoms with Gasteiger partial charge in [-0.05, 0) is 43.7 Å². The number of carbonyl (C=O) groups is 1. The first-order valence-electron chi connectivity index (χ1n) is 9.81. The largest absolute Gasteiger partial charge is 0.387 e. The van der Waals surface area contributed by atoms with Crippen LogP contribution in [-0.2, 0) is 17.6 Å². The Balaban J connectivity index is 1.21. The van der Waals surface area contributed by atoms with E-state index < -0.39 is 5.60 Å². The molecule has 0 spiro atoms. The van der Waals surface area contributed by atoms with E-state index in [0.29, 0.717) is 19.0 Å². The van der Waals surface area contributed by atoms with Crippen LogP contribution >= 0.6 is 0 Å².